The lowest BCUT2D eigenvalue weighted by molar-refractivity contribution is 0.411. The Labute approximate surface area is 96.3 Å². The van der Waals surface area contributed by atoms with Crippen molar-refractivity contribution in [3.05, 3.63) is 29.8 Å². The van der Waals surface area contributed by atoms with Crippen LogP contribution in [0.3, 0.4) is 0 Å². The number of nitrogens with zero attached hydrogens (tertiary/aromatic N) is 1. The lowest BCUT2D eigenvalue weighted by Crippen LogP contribution is -2.19. The Morgan fingerprint density at radius 2 is 2.19 bits per heavy atom. The summed E-state index contributed by atoms with van der Waals surface area (Å²) >= 11 is 0. The molecular weight excluding hydrogens is 203 g/mol. The van der Waals surface area contributed by atoms with Gasteiger partial charge in [0.2, 0.25) is 0 Å². The van der Waals surface area contributed by atoms with Crippen LogP contribution in [0.1, 0.15) is 43.7 Å². The summed E-state index contributed by atoms with van der Waals surface area (Å²) in [6.07, 6.45) is 9.46. The van der Waals surface area contributed by atoms with Crippen molar-refractivity contribution in [2.75, 3.05) is 7.05 Å². The highest BCUT2D eigenvalue weighted by Gasteiger charge is 2.20. The van der Waals surface area contributed by atoms with Crippen molar-refractivity contribution in [3.8, 4) is 0 Å². The van der Waals surface area contributed by atoms with Gasteiger partial charge in [0.15, 0.2) is 0 Å². The van der Waals surface area contributed by atoms with Gasteiger partial charge >= 0.3 is 0 Å². The molecule has 0 aliphatic heterocycles. The first-order chi connectivity index (χ1) is 7.79. The molecule has 0 saturated heterocycles. The highest BCUT2D eigenvalue weighted by molar-refractivity contribution is 5.15. The summed E-state index contributed by atoms with van der Waals surface area (Å²) < 4.78 is 13.1. The van der Waals surface area contributed by atoms with Gasteiger partial charge in [0.1, 0.15) is 5.82 Å². The number of pyridine rings is 1. The van der Waals surface area contributed by atoms with E-state index in [0.29, 0.717) is 0 Å². The normalized spacial score (nSPS) is 18.9. The van der Waals surface area contributed by atoms with Gasteiger partial charge in [-0.3, -0.25) is 4.98 Å². The molecule has 1 aromatic heterocycles. The van der Waals surface area contributed by atoms with Crippen LogP contribution in [-0.2, 0) is 0 Å². The molecule has 1 unspecified atom stereocenters. The van der Waals surface area contributed by atoms with E-state index in [0.717, 1.165) is 17.9 Å². The lowest BCUT2D eigenvalue weighted by atomic mass is 9.94. The SMILES string of the molecule is CNC(CC1CCCC1)c1cncc(F)c1. The van der Waals surface area contributed by atoms with Crippen LogP contribution in [0.25, 0.3) is 0 Å². The van der Waals surface area contributed by atoms with Crippen molar-refractivity contribution in [1.82, 2.24) is 10.3 Å². The molecule has 0 bridgehead atoms. The summed E-state index contributed by atoms with van der Waals surface area (Å²) in [4.78, 5) is 3.91. The predicted octanol–water partition coefficient (Wildman–Crippen LogP) is 3.06. The van der Waals surface area contributed by atoms with Crippen LogP contribution in [0.4, 0.5) is 4.39 Å². The van der Waals surface area contributed by atoms with E-state index in [1.807, 2.05) is 7.05 Å². The van der Waals surface area contributed by atoms with Crippen LogP contribution >= 0.6 is 0 Å². The predicted molar refractivity (Wildman–Crippen MR) is 62.6 cm³/mol. The minimum absolute atomic E-state index is 0.242. The Kier molecular flexibility index (Phi) is 3.88. The maximum Gasteiger partial charge on any atom is 0.141 e. The van der Waals surface area contributed by atoms with Crippen molar-refractivity contribution < 1.29 is 4.39 Å². The summed E-state index contributed by atoms with van der Waals surface area (Å²) in [5.74, 6) is 0.546. The summed E-state index contributed by atoms with van der Waals surface area (Å²) in [5, 5.41) is 3.27. The first kappa shape index (κ1) is 11.5. The molecule has 1 aliphatic carbocycles. The smallest absolute Gasteiger partial charge is 0.141 e. The topological polar surface area (TPSA) is 24.9 Å². The molecule has 0 radical (unpaired) electrons. The quantitative estimate of drug-likeness (QED) is 0.847. The zero-order valence-corrected chi connectivity index (χ0v) is 9.75. The summed E-state index contributed by atoms with van der Waals surface area (Å²) in [7, 11) is 1.94. The van der Waals surface area contributed by atoms with Crippen molar-refractivity contribution in [2.24, 2.45) is 5.92 Å². The third-order valence-corrected chi connectivity index (χ3v) is 3.52. The maximum absolute atomic E-state index is 13.1. The van der Waals surface area contributed by atoms with Crippen molar-refractivity contribution in [1.29, 1.82) is 0 Å². The van der Waals surface area contributed by atoms with Crippen LogP contribution in [-0.4, -0.2) is 12.0 Å². The summed E-state index contributed by atoms with van der Waals surface area (Å²) in [6.45, 7) is 0. The number of aromatic nitrogens is 1. The highest BCUT2D eigenvalue weighted by Crippen LogP contribution is 2.32. The van der Waals surface area contributed by atoms with Gasteiger partial charge < -0.3 is 5.32 Å². The fourth-order valence-electron chi connectivity index (χ4n) is 2.62. The lowest BCUT2D eigenvalue weighted by Gasteiger charge is -2.20. The molecule has 1 aromatic rings. The van der Waals surface area contributed by atoms with Gasteiger partial charge in [0.25, 0.3) is 0 Å². The van der Waals surface area contributed by atoms with Crippen LogP contribution in [0.5, 0.6) is 0 Å². The van der Waals surface area contributed by atoms with E-state index in [-0.39, 0.29) is 11.9 Å². The molecule has 0 aromatic carbocycles. The van der Waals surface area contributed by atoms with E-state index in [2.05, 4.69) is 10.3 Å². The van der Waals surface area contributed by atoms with Gasteiger partial charge in [0, 0.05) is 12.2 Å². The van der Waals surface area contributed by atoms with Crippen LogP contribution < -0.4 is 5.32 Å². The molecule has 1 N–H and O–H groups in total. The monoisotopic (exact) mass is 222 g/mol. The first-order valence-electron chi connectivity index (χ1n) is 6.07. The fraction of sp³-hybridized carbons (Fsp3) is 0.615. The Hall–Kier alpha value is -0.960. The van der Waals surface area contributed by atoms with Gasteiger partial charge in [-0.1, -0.05) is 25.7 Å². The van der Waals surface area contributed by atoms with E-state index in [9.17, 15) is 4.39 Å². The third-order valence-electron chi connectivity index (χ3n) is 3.52. The average molecular weight is 222 g/mol. The fourth-order valence-corrected chi connectivity index (χ4v) is 2.62. The number of halogens is 1. The van der Waals surface area contributed by atoms with Gasteiger partial charge in [0.05, 0.1) is 6.20 Å². The molecular formula is C13H19FN2. The minimum Gasteiger partial charge on any atom is -0.313 e. The number of nitrogens with one attached hydrogen (secondary N) is 1. The Bertz CT molecular complexity index is 334. The standard InChI is InChI=1S/C13H19FN2/c1-15-13(6-10-4-2-3-5-10)11-7-12(14)9-16-8-11/h7-10,13,15H,2-6H2,1H3. The first-order valence-corrected chi connectivity index (χ1v) is 6.07. The molecule has 3 heteroatoms. The molecule has 0 spiro atoms. The van der Waals surface area contributed by atoms with Gasteiger partial charge in [-0.05, 0) is 31.0 Å². The van der Waals surface area contributed by atoms with E-state index in [1.165, 1.54) is 31.9 Å². The third kappa shape index (κ3) is 2.79. The second kappa shape index (κ2) is 5.39. The summed E-state index contributed by atoms with van der Waals surface area (Å²) in [5.41, 5.74) is 0.967. The Morgan fingerprint density at radius 3 is 2.81 bits per heavy atom. The Morgan fingerprint density at radius 1 is 1.44 bits per heavy atom. The van der Waals surface area contributed by atoms with Crippen LogP contribution in [0.15, 0.2) is 18.5 Å². The Balaban J connectivity index is 2.03. The number of rotatable bonds is 4. The average Bonchev–Trinajstić information content (AvgIpc) is 2.78. The molecule has 1 saturated carbocycles. The molecule has 1 aliphatic rings. The van der Waals surface area contributed by atoms with E-state index < -0.39 is 0 Å². The zero-order valence-electron chi connectivity index (χ0n) is 9.75. The molecule has 1 atom stereocenters. The second-order valence-electron chi connectivity index (χ2n) is 4.66. The largest absolute Gasteiger partial charge is 0.313 e. The van der Waals surface area contributed by atoms with E-state index in [4.69, 9.17) is 0 Å². The molecule has 88 valence electrons. The molecule has 2 nitrogen and oxygen atoms in total. The van der Waals surface area contributed by atoms with Crippen molar-refractivity contribution >= 4 is 0 Å². The molecule has 1 heterocycles. The van der Waals surface area contributed by atoms with E-state index >= 15 is 0 Å². The van der Waals surface area contributed by atoms with Crippen molar-refractivity contribution in [3.63, 3.8) is 0 Å². The molecule has 16 heavy (non-hydrogen) atoms. The van der Waals surface area contributed by atoms with Gasteiger partial charge in [-0.2, -0.15) is 0 Å². The van der Waals surface area contributed by atoms with Crippen LogP contribution in [0, 0.1) is 11.7 Å². The second-order valence-corrected chi connectivity index (χ2v) is 4.66. The zero-order chi connectivity index (χ0) is 11.4. The van der Waals surface area contributed by atoms with Gasteiger partial charge in [-0.15, -0.1) is 0 Å². The minimum atomic E-state index is -0.246. The van der Waals surface area contributed by atoms with Gasteiger partial charge in [-0.25, -0.2) is 4.39 Å². The van der Waals surface area contributed by atoms with Crippen molar-refractivity contribution in [2.45, 2.75) is 38.1 Å². The maximum atomic E-state index is 13.1. The van der Waals surface area contributed by atoms with E-state index in [1.54, 1.807) is 12.3 Å². The molecule has 2 rings (SSSR count). The summed E-state index contributed by atoms with van der Waals surface area (Å²) in [6, 6.07) is 1.83. The molecule has 0 amide bonds. The molecule has 1 fully saturated rings. The number of hydrogen-bond acceptors (Lipinski definition) is 2. The van der Waals surface area contributed by atoms with Crippen LogP contribution in [0.2, 0.25) is 0 Å². The number of hydrogen-bond donors (Lipinski definition) is 1. The highest BCUT2D eigenvalue weighted by atomic mass is 19.1.